The van der Waals surface area contributed by atoms with Crippen LogP contribution in [0.2, 0.25) is 0 Å². The fourth-order valence-electron chi connectivity index (χ4n) is 4.22. The van der Waals surface area contributed by atoms with Crippen LogP contribution in [0, 0.1) is 5.92 Å². The van der Waals surface area contributed by atoms with E-state index in [0.29, 0.717) is 16.4 Å². The molecular weight excluding hydrogens is 728 g/mol. The summed E-state index contributed by atoms with van der Waals surface area (Å²) < 4.78 is 3.40. The minimum Gasteiger partial charge on any atom is -0.374 e. The Kier molecular flexibility index (Phi) is 12.1. The lowest BCUT2D eigenvalue weighted by molar-refractivity contribution is -0.132. The number of hydrogen-bond acceptors (Lipinski definition) is 10. The summed E-state index contributed by atoms with van der Waals surface area (Å²) in [6, 6.07) is 0. The molecule has 3 aromatic heterocycles. The largest absolute Gasteiger partial charge is 0.374 e. The molecule has 0 aromatic carbocycles. The van der Waals surface area contributed by atoms with Gasteiger partial charge in [-0.3, -0.25) is 14.4 Å². The number of nitrogen functional groups attached to an aromatic ring is 1. The third-order valence-electron chi connectivity index (χ3n) is 6.34. The number of aromatic nitrogens is 5. The van der Waals surface area contributed by atoms with Crippen LogP contribution in [0.1, 0.15) is 51.1 Å². The van der Waals surface area contributed by atoms with Crippen molar-refractivity contribution in [3.8, 4) is 0 Å². The zero-order chi connectivity index (χ0) is 27.8. The lowest BCUT2D eigenvalue weighted by Crippen LogP contribution is -2.39. The Morgan fingerprint density at radius 3 is 1.95 bits per heavy atom. The maximum absolute atomic E-state index is 11.3. The van der Waals surface area contributed by atoms with E-state index in [1.54, 1.807) is 18.7 Å². The van der Waals surface area contributed by atoms with Crippen molar-refractivity contribution in [3.63, 3.8) is 0 Å². The Morgan fingerprint density at radius 2 is 1.53 bits per heavy atom. The molecule has 0 atom stereocenters. The number of piperidine rings is 2. The van der Waals surface area contributed by atoms with Crippen LogP contribution >= 0.6 is 70.5 Å². The summed E-state index contributed by atoms with van der Waals surface area (Å²) in [7, 11) is 0. The molecule has 208 valence electrons. The SMILES string of the molecule is CC(=O)N1CCC(C(=O)CBr)CC1.CC(=O)N1CCC(c2cn3nc(Br)sc3n2)CC1.Nc1nnc(Br)s1. The highest BCUT2D eigenvalue weighted by atomic mass is 79.9. The first-order valence-corrected chi connectivity index (χ1v) is 16.3. The Bertz CT molecular complexity index is 1190. The van der Waals surface area contributed by atoms with E-state index in [1.165, 1.54) is 22.7 Å². The van der Waals surface area contributed by atoms with Gasteiger partial charge in [0, 0.05) is 51.9 Å². The predicted molar refractivity (Wildman–Crippen MR) is 159 cm³/mol. The summed E-state index contributed by atoms with van der Waals surface area (Å²) in [5.41, 5.74) is 6.29. The normalized spacial score (nSPS) is 16.4. The van der Waals surface area contributed by atoms with Crippen molar-refractivity contribution in [2.45, 2.75) is 45.4 Å². The number of ketones is 1. The summed E-state index contributed by atoms with van der Waals surface area (Å²) in [6.45, 7) is 6.35. The number of anilines is 1. The highest BCUT2D eigenvalue weighted by Crippen LogP contribution is 2.29. The van der Waals surface area contributed by atoms with Gasteiger partial charge in [-0.15, -0.1) is 15.3 Å². The molecule has 16 heteroatoms. The van der Waals surface area contributed by atoms with Crippen LogP contribution in [0.25, 0.3) is 4.96 Å². The Labute approximate surface area is 253 Å². The summed E-state index contributed by atoms with van der Waals surface area (Å²) >= 11 is 12.5. The number of hydrogen-bond donors (Lipinski definition) is 1. The van der Waals surface area contributed by atoms with Crippen LogP contribution < -0.4 is 5.73 Å². The third kappa shape index (κ3) is 9.03. The number of Topliss-reactive ketones (excluding diaryl/α,β-unsaturated/α-hetero) is 1. The lowest BCUT2D eigenvalue weighted by Gasteiger charge is -2.30. The predicted octanol–water partition coefficient (Wildman–Crippen LogP) is 4.37. The molecule has 2 amide bonds. The molecule has 0 spiro atoms. The molecule has 2 aliphatic rings. The molecule has 5 rings (SSSR count). The molecule has 5 heterocycles. The van der Waals surface area contributed by atoms with Crippen LogP contribution in [0.4, 0.5) is 5.13 Å². The number of carbonyl (C=O) groups excluding carboxylic acids is 3. The van der Waals surface area contributed by atoms with E-state index in [9.17, 15) is 14.4 Å². The molecule has 11 nitrogen and oxygen atoms in total. The minimum atomic E-state index is 0.116. The van der Waals surface area contributed by atoms with E-state index >= 15 is 0 Å². The van der Waals surface area contributed by atoms with Gasteiger partial charge >= 0.3 is 0 Å². The van der Waals surface area contributed by atoms with Gasteiger partial charge in [0.25, 0.3) is 0 Å². The van der Waals surface area contributed by atoms with Crippen molar-refractivity contribution < 1.29 is 14.4 Å². The number of imidazole rings is 1. The number of carbonyl (C=O) groups is 3. The number of rotatable bonds is 3. The van der Waals surface area contributed by atoms with Crippen LogP contribution in [-0.4, -0.2) is 83.7 Å². The monoisotopic (exact) mass is 754 g/mol. The highest BCUT2D eigenvalue weighted by molar-refractivity contribution is 9.11. The maximum Gasteiger partial charge on any atom is 0.219 e. The first kappa shape index (κ1) is 31.0. The second-order valence-electron chi connectivity index (χ2n) is 8.80. The molecule has 2 saturated heterocycles. The van der Waals surface area contributed by atoms with Crippen molar-refractivity contribution in [2.75, 3.05) is 37.2 Å². The number of alkyl halides is 1. The van der Waals surface area contributed by atoms with E-state index in [1.807, 2.05) is 15.6 Å². The van der Waals surface area contributed by atoms with Crippen molar-refractivity contribution in [1.29, 1.82) is 0 Å². The molecule has 0 saturated carbocycles. The number of likely N-dealkylation sites (tertiary alicyclic amines) is 2. The summed E-state index contributed by atoms with van der Waals surface area (Å²) in [5.74, 6) is 1.17. The second kappa shape index (κ2) is 14.8. The molecule has 0 bridgehead atoms. The van der Waals surface area contributed by atoms with Gasteiger partial charge in [-0.25, -0.2) is 9.50 Å². The molecule has 2 aliphatic heterocycles. The Morgan fingerprint density at radius 1 is 0.947 bits per heavy atom. The van der Waals surface area contributed by atoms with Gasteiger partial charge in [-0.1, -0.05) is 38.6 Å². The average Bonchev–Trinajstić information content (AvgIpc) is 3.58. The molecule has 38 heavy (non-hydrogen) atoms. The first-order valence-electron chi connectivity index (χ1n) is 11.9. The molecule has 2 N–H and O–H groups in total. The smallest absolute Gasteiger partial charge is 0.219 e. The van der Waals surface area contributed by atoms with Crippen LogP contribution in [0.5, 0.6) is 0 Å². The summed E-state index contributed by atoms with van der Waals surface area (Å²) in [4.78, 5) is 42.8. The van der Waals surface area contributed by atoms with E-state index in [-0.39, 0.29) is 23.5 Å². The molecule has 0 aliphatic carbocycles. The van der Waals surface area contributed by atoms with Gasteiger partial charge < -0.3 is 15.5 Å². The third-order valence-corrected chi connectivity index (χ3v) is 9.43. The van der Waals surface area contributed by atoms with Gasteiger partial charge in [0.05, 0.1) is 17.2 Å². The van der Waals surface area contributed by atoms with Crippen LogP contribution in [0.15, 0.2) is 14.0 Å². The molecule has 0 unspecified atom stereocenters. The number of nitrogens with zero attached hydrogens (tertiary/aromatic N) is 7. The fourth-order valence-corrected chi connectivity index (χ4v) is 6.81. The summed E-state index contributed by atoms with van der Waals surface area (Å²) in [6.07, 6.45) is 5.63. The van der Waals surface area contributed by atoms with Gasteiger partial charge in [-0.05, 0) is 57.5 Å². The topological polar surface area (TPSA) is 140 Å². The zero-order valence-corrected chi connectivity index (χ0v) is 27.4. The molecule has 3 aromatic rings. The van der Waals surface area contributed by atoms with E-state index < -0.39 is 0 Å². The van der Waals surface area contributed by atoms with Crippen molar-refractivity contribution in [3.05, 3.63) is 19.7 Å². The molecular formula is C22H29Br3N8O3S2. The van der Waals surface area contributed by atoms with Crippen LogP contribution in [-0.2, 0) is 14.4 Å². The van der Waals surface area contributed by atoms with Gasteiger partial charge in [0.15, 0.2) is 7.83 Å². The van der Waals surface area contributed by atoms with E-state index in [2.05, 4.69) is 68.1 Å². The van der Waals surface area contributed by atoms with E-state index in [4.69, 9.17) is 5.73 Å². The van der Waals surface area contributed by atoms with Gasteiger partial charge in [0.2, 0.25) is 21.9 Å². The van der Waals surface area contributed by atoms with Gasteiger partial charge in [0.1, 0.15) is 5.78 Å². The zero-order valence-electron chi connectivity index (χ0n) is 21.0. The Hall–Kier alpha value is -1.49. The minimum absolute atomic E-state index is 0.116. The number of nitrogens with two attached hydrogens (primary N) is 1. The Balaban J connectivity index is 0.000000175. The van der Waals surface area contributed by atoms with Crippen LogP contribution in [0.3, 0.4) is 0 Å². The van der Waals surface area contributed by atoms with Crippen molar-refractivity contribution in [2.24, 2.45) is 5.92 Å². The lowest BCUT2D eigenvalue weighted by atomic mass is 9.93. The molecule has 0 radical (unpaired) electrons. The average molecular weight is 757 g/mol. The quantitative estimate of drug-likeness (QED) is 0.389. The second-order valence-corrected chi connectivity index (χ2v) is 13.9. The van der Waals surface area contributed by atoms with E-state index in [0.717, 1.165) is 70.4 Å². The number of halogens is 3. The number of amides is 2. The number of fused-ring (bicyclic) bond motifs is 1. The highest BCUT2D eigenvalue weighted by Gasteiger charge is 2.25. The first-order chi connectivity index (χ1) is 18.1. The van der Waals surface area contributed by atoms with Crippen molar-refractivity contribution in [1.82, 2.24) is 34.6 Å². The fraction of sp³-hybridized carbons (Fsp3) is 0.591. The standard InChI is InChI=1S/C11H13BrN4OS.C9H14BrNO2.C2H2BrN3S/c1-7(17)15-4-2-8(3-5-15)9-6-16-11(13-9)18-10(12)14-16;1-7(12)11-4-2-8(3-5-11)9(13)6-10;3-1-5-6-2(4)7-1/h6,8H,2-5H2,1H3;8H,2-6H2,1H3;(H2,4,6). The summed E-state index contributed by atoms with van der Waals surface area (Å²) in [5, 5.41) is 12.3. The molecule has 2 fully saturated rings. The maximum atomic E-state index is 11.3. The van der Waals surface area contributed by atoms with Crippen molar-refractivity contribution >= 4 is 98.2 Å². The van der Waals surface area contributed by atoms with Gasteiger partial charge in [-0.2, -0.15) is 0 Å².